The van der Waals surface area contributed by atoms with Gasteiger partial charge in [-0.2, -0.15) is 0 Å². The summed E-state index contributed by atoms with van der Waals surface area (Å²) < 4.78 is 6.55. The van der Waals surface area contributed by atoms with Crippen molar-refractivity contribution in [1.29, 1.82) is 0 Å². The molecule has 0 unspecified atom stereocenters. The van der Waals surface area contributed by atoms with Crippen molar-refractivity contribution in [2.75, 3.05) is 6.61 Å². The van der Waals surface area contributed by atoms with Crippen molar-refractivity contribution in [2.24, 2.45) is 16.5 Å². The van der Waals surface area contributed by atoms with E-state index >= 15 is 0 Å². The summed E-state index contributed by atoms with van der Waals surface area (Å²) in [5.41, 5.74) is 11.6. The van der Waals surface area contributed by atoms with E-state index in [1.54, 1.807) is 0 Å². The Morgan fingerprint density at radius 3 is 2.76 bits per heavy atom. The van der Waals surface area contributed by atoms with Gasteiger partial charge in [0.2, 0.25) is 0 Å². The van der Waals surface area contributed by atoms with E-state index in [-0.39, 0.29) is 5.96 Å². The first-order valence-corrected chi connectivity index (χ1v) is 6.39. The number of halogens is 1. The van der Waals surface area contributed by atoms with Crippen molar-refractivity contribution in [3.05, 3.63) is 28.2 Å². The van der Waals surface area contributed by atoms with Crippen molar-refractivity contribution in [3.8, 4) is 5.75 Å². The van der Waals surface area contributed by atoms with Crippen molar-refractivity contribution in [2.45, 2.75) is 26.3 Å². The summed E-state index contributed by atoms with van der Waals surface area (Å²) >= 11 is 3.47. The quantitative estimate of drug-likeness (QED) is 0.481. The standard InChI is InChI=1S/C12H18BrN3O/c1-2-3-6-17-11-5-4-9(7-10(11)13)8-16-12(14)15/h4-5,7H,2-3,6,8H2,1H3,(H4,14,15,16). The van der Waals surface area contributed by atoms with Gasteiger partial charge in [-0.25, -0.2) is 4.99 Å². The second-order valence-electron chi connectivity index (χ2n) is 3.71. The van der Waals surface area contributed by atoms with Crippen LogP contribution in [0, 0.1) is 0 Å². The molecule has 17 heavy (non-hydrogen) atoms. The van der Waals surface area contributed by atoms with Crippen molar-refractivity contribution < 1.29 is 4.74 Å². The minimum absolute atomic E-state index is 0.101. The molecule has 0 aliphatic rings. The van der Waals surface area contributed by atoms with Crippen molar-refractivity contribution in [3.63, 3.8) is 0 Å². The zero-order valence-electron chi connectivity index (χ0n) is 9.95. The molecular weight excluding hydrogens is 282 g/mol. The number of ether oxygens (including phenoxy) is 1. The Bertz CT molecular complexity index is 389. The zero-order valence-corrected chi connectivity index (χ0v) is 11.5. The van der Waals surface area contributed by atoms with Gasteiger partial charge in [0.1, 0.15) is 5.75 Å². The largest absolute Gasteiger partial charge is 0.492 e. The molecule has 4 N–H and O–H groups in total. The lowest BCUT2D eigenvalue weighted by Gasteiger charge is -2.08. The fraction of sp³-hybridized carbons (Fsp3) is 0.417. The second kappa shape index (κ2) is 7.17. The van der Waals surface area contributed by atoms with Gasteiger partial charge in [-0.05, 0) is 40.0 Å². The molecule has 0 saturated heterocycles. The van der Waals surface area contributed by atoms with E-state index in [9.17, 15) is 0 Å². The van der Waals surface area contributed by atoms with E-state index in [1.165, 1.54) is 0 Å². The highest BCUT2D eigenvalue weighted by Crippen LogP contribution is 2.26. The van der Waals surface area contributed by atoms with Crippen LogP contribution in [0.25, 0.3) is 0 Å². The molecule has 1 aromatic rings. The molecule has 0 bridgehead atoms. The topological polar surface area (TPSA) is 73.6 Å². The first-order valence-electron chi connectivity index (χ1n) is 5.60. The Morgan fingerprint density at radius 2 is 2.18 bits per heavy atom. The lowest BCUT2D eigenvalue weighted by molar-refractivity contribution is 0.307. The van der Waals surface area contributed by atoms with Crippen LogP contribution in [-0.4, -0.2) is 12.6 Å². The maximum absolute atomic E-state index is 5.63. The summed E-state index contributed by atoms with van der Waals surface area (Å²) in [4.78, 5) is 3.95. The minimum atomic E-state index is 0.101. The van der Waals surface area contributed by atoms with Crippen LogP contribution in [0.5, 0.6) is 5.75 Å². The molecule has 0 spiro atoms. The summed E-state index contributed by atoms with van der Waals surface area (Å²) in [6.07, 6.45) is 2.18. The van der Waals surface area contributed by atoms with Crippen LogP contribution >= 0.6 is 15.9 Å². The van der Waals surface area contributed by atoms with Crippen molar-refractivity contribution in [1.82, 2.24) is 0 Å². The number of rotatable bonds is 6. The van der Waals surface area contributed by atoms with Gasteiger partial charge in [0.25, 0.3) is 0 Å². The second-order valence-corrected chi connectivity index (χ2v) is 4.56. The van der Waals surface area contributed by atoms with Gasteiger partial charge in [0.05, 0.1) is 17.6 Å². The van der Waals surface area contributed by atoms with Gasteiger partial charge >= 0.3 is 0 Å². The van der Waals surface area contributed by atoms with Crippen LogP contribution in [0.4, 0.5) is 0 Å². The molecule has 94 valence electrons. The molecule has 1 rings (SSSR count). The van der Waals surface area contributed by atoms with Gasteiger partial charge in [-0.15, -0.1) is 0 Å². The molecule has 0 aromatic heterocycles. The van der Waals surface area contributed by atoms with Crippen LogP contribution in [0.2, 0.25) is 0 Å². The molecule has 4 nitrogen and oxygen atoms in total. The first kappa shape index (κ1) is 13.8. The smallest absolute Gasteiger partial charge is 0.186 e. The van der Waals surface area contributed by atoms with Crippen molar-refractivity contribution >= 4 is 21.9 Å². The van der Waals surface area contributed by atoms with Gasteiger partial charge in [0.15, 0.2) is 5.96 Å². The molecule has 0 saturated carbocycles. The third kappa shape index (κ3) is 5.08. The highest BCUT2D eigenvalue weighted by atomic mass is 79.9. The highest BCUT2D eigenvalue weighted by Gasteiger charge is 2.02. The van der Waals surface area contributed by atoms with E-state index in [0.717, 1.165) is 35.2 Å². The normalized spacial score (nSPS) is 10.0. The number of nitrogens with two attached hydrogens (primary N) is 2. The summed E-state index contributed by atoms with van der Waals surface area (Å²) in [6, 6.07) is 5.85. The van der Waals surface area contributed by atoms with Crippen LogP contribution in [0.1, 0.15) is 25.3 Å². The molecule has 1 aromatic carbocycles. The van der Waals surface area contributed by atoms with Crippen LogP contribution < -0.4 is 16.2 Å². The number of hydrogen-bond donors (Lipinski definition) is 2. The molecule has 0 aliphatic heterocycles. The molecule has 0 heterocycles. The zero-order chi connectivity index (χ0) is 12.7. The number of benzene rings is 1. The predicted molar refractivity (Wildman–Crippen MR) is 74.1 cm³/mol. The van der Waals surface area contributed by atoms with E-state index in [0.29, 0.717) is 6.54 Å². The fourth-order valence-electron chi connectivity index (χ4n) is 1.27. The number of unbranched alkanes of at least 4 members (excludes halogenated alkanes) is 1. The fourth-order valence-corrected chi connectivity index (χ4v) is 1.81. The first-order chi connectivity index (χ1) is 8.13. The third-order valence-electron chi connectivity index (χ3n) is 2.20. The SMILES string of the molecule is CCCCOc1ccc(CN=C(N)N)cc1Br. The van der Waals surface area contributed by atoms with Gasteiger partial charge < -0.3 is 16.2 Å². The maximum atomic E-state index is 5.63. The Morgan fingerprint density at radius 1 is 1.41 bits per heavy atom. The third-order valence-corrected chi connectivity index (χ3v) is 2.82. The average Bonchev–Trinajstić information content (AvgIpc) is 2.29. The Labute approximate surface area is 110 Å². The van der Waals surface area contributed by atoms with Gasteiger partial charge in [0, 0.05) is 0 Å². The number of nitrogens with zero attached hydrogens (tertiary/aromatic N) is 1. The lowest BCUT2D eigenvalue weighted by Crippen LogP contribution is -2.22. The maximum Gasteiger partial charge on any atom is 0.186 e. The highest BCUT2D eigenvalue weighted by molar-refractivity contribution is 9.10. The monoisotopic (exact) mass is 299 g/mol. The molecule has 5 heteroatoms. The summed E-state index contributed by atoms with van der Waals surface area (Å²) in [5, 5.41) is 0. The van der Waals surface area contributed by atoms with Crippen LogP contribution in [0.3, 0.4) is 0 Å². The molecule has 0 aliphatic carbocycles. The number of guanidine groups is 1. The van der Waals surface area contributed by atoms with Crippen LogP contribution in [-0.2, 0) is 6.54 Å². The van der Waals surface area contributed by atoms with Gasteiger partial charge in [-0.3, -0.25) is 0 Å². The van der Waals surface area contributed by atoms with E-state index in [4.69, 9.17) is 16.2 Å². The average molecular weight is 300 g/mol. The molecular formula is C12H18BrN3O. The molecule has 0 radical (unpaired) electrons. The molecule has 0 amide bonds. The number of hydrogen-bond acceptors (Lipinski definition) is 2. The number of aliphatic imine (C=N–C) groups is 1. The van der Waals surface area contributed by atoms with E-state index < -0.39 is 0 Å². The lowest BCUT2D eigenvalue weighted by atomic mass is 10.2. The summed E-state index contributed by atoms with van der Waals surface area (Å²) in [7, 11) is 0. The molecule has 0 atom stereocenters. The summed E-state index contributed by atoms with van der Waals surface area (Å²) in [6.45, 7) is 3.36. The van der Waals surface area contributed by atoms with E-state index in [2.05, 4.69) is 27.8 Å². The Hall–Kier alpha value is -1.23. The Kier molecular flexibility index (Phi) is 5.83. The predicted octanol–water partition coefficient (Wildman–Crippen LogP) is 2.40. The Balaban J connectivity index is 2.62. The van der Waals surface area contributed by atoms with Gasteiger partial charge in [-0.1, -0.05) is 19.4 Å². The summed E-state index contributed by atoms with van der Waals surface area (Å²) in [5.74, 6) is 0.955. The van der Waals surface area contributed by atoms with Crippen LogP contribution in [0.15, 0.2) is 27.7 Å². The molecule has 0 fully saturated rings. The van der Waals surface area contributed by atoms with E-state index in [1.807, 2.05) is 18.2 Å². The minimum Gasteiger partial charge on any atom is -0.492 e.